The SMILES string of the molecule is CC(=O)CC(=O)Nc1cc2ccc(S(=O)(=O)O)cc2cc1S(=O)(=O)O. The van der Waals surface area contributed by atoms with Gasteiger partial charge in [-0.2, -0.15) is 16.8 Å². The van der Waals surface area contributed by atoms with Crippen LogP contribution in [0, 0.1) is 0 Å². The number of fused-ring (bicyclic) bond motifs is 1. The fourth-order valence-corrected chi connectivity index (χ4v) is 3.33. The van der Waals surface area contributed by atoms with Gasteiger partial charge in [0.2, 0.25) is 5.91 Å². The van der Waals surface area contributed by atoms with Gasteiger partial charge >= 0.3 is 0 Å². The number of ketones is 1. The molecule has 11 heteroatoms. The van der Waals surface area contributed by atoms with E-state index in [1.54, 1.807) is 0 Å². The molecule has 0 aliphatic heterocycles. The van der Waals surface area contributed by atoms with Crippen molar-refractivity contribution in [3.05, 3.63) is 30.3 Å². The summed E-state index contributed by atoms with van der Waals surface area (Å²) >= 11 is 0. The molecule has 0 radical (unpaired) electrons. The number of nitrogens with one attached hydrogen (secondary N) is 1. The molecule has 0 saturated carbocycles. The Bertz CT molecular complexity index is 1090. The van der Waals surface area contributed by atoms with Crippen molar-refractivity contribution in [3.63, 3.8) is 0 Å². The van der Waals surface area contributed by atoms with Gasteiger partial charge < -0.3 is 5.32 Å². The second-order valence-corrected chi connectivity index (χ2v) is 8.05. The Labute approximate surface area is 143 Å². The molecule has 0 saturated heterocycles. The quantitative estimate of drug-likeness (QED) is 0.511. The van der Waals surface area contributed by atoms with Crippen LogP contribution in [-0.4, -0.2) is 37.6 Å². The van der Waals surface area contributed by atoms with Crippen molar-refractivity contribution >= 4 is 48.4 Å². The molecule has 3 N–H and O–H groups in total. The minimum atomic E-state index is -4.76. The Morgan fingerprint density at radius 3 is 2.12 bits per heavy atom. The summed E-state index contributed by atoms with van der Waals surface area (Å²) in [4.78, 5) is 21.5. The molecule has 0 unspecified atom stereocenters. The fourth-order valence-electron chi connectivity index (χ4n) is 2.15. The molecule has 0 aliphatic carbocycles. The standard InChI is InChI=1S/C14H13NO8S2/c1-8(16)4-14(17)15-12-6-9-2-3-11(24(18,19)20)5-10(9)7-13(12)25(21,22)23/h2-3,5-7H,4H2,1H3,(H,15,17)(H,18,19,20)(H,21,22,23). The molecular formula is C14H13NO8S2. The van der Waals surface area contributed by atoms with Crippen LogP contribution >= 0.6 is 0 Å². The van der Waals surface area contributed by atoms with Crippen LogP contribution in [0.2, 0.25) is 0 Å². The molecule has 134 valence electrons. The van der Waals surface area contributed by atoms with E-state index in [-0.39, 0.29) is 11.1 Å². The Morgan fingerprint density at radius 1 is 0.960 bits per heavy atom. The first-order valence-electron chi connectivity index (χ1n) is 6.70. The summed E-state index contributed by atoms with van der Waals surface area (Å²) in [5.74, 6) is -1.21. The maximum Gasteiger partial charge on any atom is 0.296 e. The first-order chi connectivity index (χ1) is 11.4. The molecule has 0 bridgehead atoms. The Hall–Kier alpha value is -2.34. The van der Waals surface area contributed by atoms with Gasteiger partial charge in [0.15, 0.2) is 0 Å². The van der Waals surface area contributed by atoms with Crippen molar-refractivity contribution < 1.29 is 35.5 Å². The maximum absolute atomic E-state index is 11.7. The van der Waals surface area contributed by atoms with E-state index in [0.29, 0.717) is 5.39 Å². The number of hydrogen-bond donors (Lipinski definition) is 3. The van der Waals surface area contributed by atoms with Crippen molar-refractivity contribution in [2.75, 3.05) is 5.32 Å². The summed E-state index contributed by atoms with van der Waals surface area (Å²) in [7, 11) is -9.26. The minimum absolute atomic E-state index is 0.0901. The van der Waals surface area contributed by atoms with E-state index in [4.69, 9.17) is 4.55 Å². The van der Waals surface area contributed by atoms with Gasteiger partial charge in [0.05, 0.1) is 17.0 Å². The molecule has 0 spiro atoms. The van der Waals surface area contributed by atoms with Crippen molar-refractivity contribution in [2.24, 2.45) is 0 Å². The molecule has 0 aromatic heterocycles. The van der Waals surface area contributed by atoms with Crippen LogP contribution in [0.5, 0.6) is 0 Å². The van der Waals surface area contributed by atoms with Crippen LogP contribution in [0.25, 0.3) is 10.8 Å². The monoisotopic (exact) mass is 387 g/mol. The van der Waals surface area contributed by atoms with E-state index in [0.717, 1.165) is 18.2 Å². The zero-order valence-corrected chi connectivity index (χ0v) is 14.4. The maximum atomic E-state index is 11.7. The smallest absolute Gasteiger partial charge is 0.296 e. The number of anilines is 1. The lowest BCUT2D eigenvalue weighted by Gasteiger charge is -2.11. The van der Waals surface area contributed by atoms with Crippen molar-refractivity contribution in [1.82, 2.24) is 0 Å². The average Bonchev–Trinajstić information content (AvgIpc) is 2.42. The lowest BCUT2D eigenvalue weighted by atomic mass is 10.1. The summed E-state index contributed by atoms with van der Waals surface area (Å²) in [6, 6.07) is 5.53. The molecule has 9 nitrogen and oxygen atoms in total. The highest BCUT2D eigenvalue weighted by atomic mass is 32.2. The molecule has 0 aliphatic rings. The highest BCUT2D eigenvalue weighted by Crippen LogP contribution is 2.29. The van der Waals surface area contributed by atoms with Crippen molar-refractivity contribution in [3.8, 4) is 0 Å². The number of carbonyl (C=O) groups excluding carboxylic acids is 2. The second kappa shape index (κ2) is 6.52. The Balaban J connectivity index is 2.65. The second-order valence-electron chi connectivity index (χ2n) is 5.23. The number of amides is 1. The lowest BCUT2D eigenvalue weighted by molar-refractivity contribution is -0.124. The van der Waals surface area contributed by atoms with E-state index >= 15 is 0 Å². The summed E-state index contributed by atoms with van der Waals surface area (Å²) in [5.41, 5.74) is -0.263. The Morgan fingerprint density at radius 2 is 1.60 bits per heavy atom. The lowest BCUT2D eigenvalue weighted by Crippen LogP contribution is -2.17. The molecule has 2 rings (SSSR count). The van der Waals surface area contributed by atoms with Gasteiger partial charge in [-0.15, -0.1) is 0 Å². The zero-order chi connectivity index (χ0) is 19.0. The van der Waals surface area contributed by atoms with Gasteiger partial charge in [-0.25, -0.2) is 0 Å². The molecule has 2 aromatic carbocycles. The molecule has 2 aromatic rings. The van der Waals surface area contributed by atoms with Crippen LogP contribution in [0.4, 0.5) is 5.69 Å². The molecular weight excluding hydrogens is 374 g/mol. The number of benzene rings is 2. The van der Waals surface area contributed by atoms with Gasteiger partial charge in [0.25, 0.3) is 20.2 Å². The predicted molar refractivity (Wildman–Crippen MR) is 87.5 cm³/mol. The fraction of sp³-hybridized carbons (Fsp3) is 0.143. The van der Waals surface area contributed by atoms with Crippen LogP contribution in [0.3, 0.4) is 0 Å². The van der Waals surface area contributed by atoms with Crippen LogP contribution < -0.4 is 5.32 Å². The summed E-state index contributed by atoms with van der Waals surface area (Å²) < 4.78 is 63.8. The third-order valence-electron chi connectivity index (χ3n) is 3.17. The molecule has 1 amide bonds. The van der Waals surface area contributed by atoms with Crippen molar-refractivity contribution in [1.29, 1.82) is 0 Å². The molecule has 0 fully saturated rings. The Kier molecular flexibility index (Phi) is 4.95. The topological polar surface area (TPSA) is 155 Å². The normalized spacial score (nSPS) is 12.1. The summed E-state index contributed by atoms with van der Waals surface area (Å²) in [6.45, 7) is 1.18. The molecule has 0 atom stereocenters. The predicted octanol–water partition coefficient (Wildman–Crippen LogP) is 1.25. The highest BCUT2D eigenvalue weighted by molar-refractivity contribution is 7.86. The van der Waals surface area contributed by atoms with E-state index in [1.807, 2.05) is 0 Å². The summed E-state index contributed by atoms with van der Waals surface area (Å²) in [6.07, 6.45) is -0.482. The summed E-state index contributed by atoms with van der Waals surface area (Å²) in [5, 5.41) is 2.64. The number of Topliss-reactive ketones (excluding diaryl/α,β-unsaturated/α-hetero) is 1. The first-order valence-corrected chi connectivity index (χ1v) is 9.58. The minimum Gasteiger partial charge on any atom is -0.324 e. The third-order valence-corrected chi connectivity index (χ3v) is 4.91. The third kappa shape index (κ3) is 4.60. The van der Waals surface area contributed by atoms with Gasteiger partial charge in [-0.05, 0) is 42.0 Å². The van der Waals surface area contributed by atoms with Gasteiger partial charge in [0.1, 0.15) is 10.7 Å². The van der Waals surface area contributed by atoms with Gasteiger partial charge in [0, 0.05) is 0 Å². The number of rotatable bonds is 5. The first kappa shape index (κ1) is 19.0. The van der Waals surface area contributed by atoms with Crippen LogP contribution in [0.1, 0.15) is 13.3 Å². The van der Waals surface area contributed by atoms with E-state index < -0.39 is 48.1 Å². The largest absolute Gasteiger partial charge is 0.324 e. The number of carbonyl (C=O) groups is 2. The van der Waals surface area contributed by atoms with Gasteiger partial charge in [-0.3, -0.25) is 18.7 Å². The van der Waals surface area contributed by atoms with Crippen molar-refractivity contribution in [2.45, 2.75) is 23.1 Å². The van der Waals surface area contributed by atoms with Crippen LogP contribution in [0.15, 0.2) is 40.1 Å². The molecule has 25 heavy (non-hydrogen) atoms. The van der Waals surface area contributed by atoms with E-state index in [1.165, 1.54) is 19.1 Å². The highest BCUT2D eigenvalue weighted by Gasteiger charge is 2.20. The van der Waals surface area contributed by atoms with Crippen LogP contribution in [-0.2, 0) is 29.8 Å². The van der Waals surface area contributed by atoms with E-state index in [9.17, 15) is 31.0 Å². The zero-order valence-electron chi connectivity index (χ0n) is 12.8. The van der Waals surface area contributed by atoms with E-state index in [2.05, 4.69) is 5.32 Å². The number of hydrogen-bond acceptors (Lipinski definition) is 6. The van der Waals surface area contributed by atoms with Gasteiger partial charge in [-0.1, -0.05) is 6.07 Å². The average molecular weight is 387 g/mol. The molecule has 0 heterocycles.